The van der Waals surface area contributed by atoms with Gasteiger partial charge in [0, 0.05) is 29.5 Å². The van der Waals surface area contributed by atoms with Gasteiger partial charge in [-0.1, -0.05) is 17.2 Å². The topological polar surface area (TPSA) is 112 Å². The van der Waals surface area contributed by atoms with E-state index in [9.17, 15) is 14.4 Å². The molecule has 0 radical (unpaired) electrons. The molecule has 0 saturated heterocycles. The summed E-state index contributed by atoms with van der Waals surface area (Å²) in [6, 6.07) is 10.8. The second-order valence-corrected chi connectivity index (χ2v) is 6.96. The van der Waals surface area contributed by atoms with Crippen LogP contribution in [0, 0.1) is 13.8 Å². The Hall–Kier alpha value is -3.61. The van der Waals surface area contributed by atoms with Gasteiger partial charge in [-0.2, -0.15) is 0 Å². The molecule has 0 saturated carbocycles. The fraction of sp³-hybridized carbons (Fsp3) is 0.227. The fourth-order valence-electron chi connectivity index (χ4n) is 3.30. The minimum Gasteiger partial charge on any atom is -0.497 e. The molecule has 0 spiro atoms. The molecule has 150 valence electrons. The fourth-order valence-corrected chi connectivity index (χ4v) is 3.30. The van der Waals surface area contributed by atoms with E-state index in [0.717, 1.165) is 11.1 Å². The lowest BCUT2D eigenvalue weighted by Gasteiger charge is -2.17. The van der Waals surface area contributed by atoms with Gasteiger partial charge in [-0.25, -0.2) is 4.79 Å². The van der Waals surface area contributed by atoms with E-state index in [2.05, 4.69) is 5.32 Å². The van der Waals surface area contributed by atoms with Crippen molar-refractivity contribution in [3.8, 4) is 5.75 Å². The zero-order valence-electron chi connectivity index (χ0n) is 16.4. The molecule has 3 aromatic rings. The highest BCUT2D eigenvalue weighted by atomic mass is 16.5. The average molecular weight is 394 g/mol. The van der Waals surface area contributed by atoms with Crippen molar-refractivity contribution in [3.05, 3.63) is 75.1 Å². The summed E-state index contributed by atoms with van der Waals surface area (Å²) in [5.74, 6) is -0.570. The van der Waals surface area contributed by atoms with Gasteiger partial charge in [0.05, 0.1) is 7.11 Å². The number of nitrogens with two attached hydrogens (primary N) is 1. The van der Waals surface area contributed by atoms with Gasteiger partial charge in [-0.3, -0.25) is 9.59 Å². The summed E-state index contributed by atoms with van der Waals surface area (Å²) >= 11 is 0. The number of methoxy groups -OCH3 is 1. The Balaban J connectivity index is 1.92. The first-order chi connectivity index (χ1) is 13.8. The molecule has 7 heteroatoms. The van der Waals surface area contributed by atoms with Crippen LogP contribution in [0.5, 0.6) is 5.75 Å². The predicted octanol–water partition coefficient (Wildman–Crippen LogP) is 2.24. The number of benzene rings is 2. The number of primary amides is 1. The second-order valence-electron chi connectivity index (χ2n) is 6.96. The van der Waals surface area contributed by atoms with E-state index in [1.807, 2.05) is 19.9 Å². The number of fused-ring (bicyclic) bond motifs is 1. The minimum absolute atomic E-state index is 0.0559. The molecule has 0 fully saturated rings. The van der Waals surface area contributed by atoms with E-state index in [4.69, 9.17) is 14.9 Å². The second kappa shape index (κ2) is 8.18. The van der Waals surface area contributed by atoms with Crippen LogP contribution in [0.2, 0.25) is 0 Å². The molecule has 1 atom stereocenters. The van der Waals surface area contributed by atoms with Crippen LogP contribution in [-0.2, 0) is 11.2 Å². The van der Waals surface area contributed by atoms with Crippen LogP contribution in [0.15, 0.2) is 51.7 Å². The van der Waals surface area contributed by atoms with Gasteiger partial charge in [-0.15, -0.1) is 0 Å². The van der Waals surface area contributed by atoms with E-state index in [1.165, 1.54) is 13.2 Å². The Bertz CT molecular complexity index is 1130. The van der Waals surface area contributed by atoms with Crippen molar-refractivity contribution >= 4 is 22.8 Å². The maximum absolute atomic E-state index is 12.7. The van der Waals surface area contributed by atoms with Crippen molar-refractivity contribution in [2.24, 2.45) is 5.73 Å². The molecule has 0 aliphatic rings. The van der Waals surface area contributed by atoms with Crippen molar-refractivity contribution in [1.29, 1.82) is 0 Å². The zero-order valence-corrected chi connectivity index (χ0v) is 16.4. The molecule has 3 rings (SSSR count). The van der Waals surface area contributed by atoms with E-state index in [-0.39, 0.29) is 6.42 Å². The highest BCUT2D eigenvalue weighted by molar-refractivity contribution is 5.98. The van der Waals surface area contributed by atoms with E-state index in [0.29, 0.717) is 27.8 Å². The van der Waals surface area contributed by atoms with Crippen LogP contribution in [0.4, 0.5) is 0 Å². The van der Waals surface area contributed by atoms with Gasteiger partial charge in [-0.05, 0) is 43.7 Å². The smallest absolute Gasteiger partial charge is 0.336 e. The molecular formula is C22H22N2O5. The number of ether oxygens (including phenoxy) is 1. The summed E-state index contributed by atoms with van der Waals surface area (Å²) in [5, 5.41) is 3.31. The number of hydrogen-bond acceptors (Lipinski definition) is 5. The van der Waals surface area contributed by atoms with Crippen LogP contribution in [0.25, 0.3) is 11.0 Å². The number of aryl methyl sites for hydroxylation is 2. The largest absolute Gasteiger partial charge is 0.497 e. The summed E-state index contributed by atoms with van der Waals surface area (Å²) in [6.07, 6.45) is 0.0559. The zero-order chi connectivity index (χ0) is 21.1. The Morgan fingerprint density at radius 3 is 2.41 bits per heavy atom. The first-order valence-corrected chi connectivity index (χ1v) is 9.06. The minimum atomic E-state index is -0.990. The highest BCUT2D eigenvalue weighted by Gasteiger charge is 2.21. The van der Waals surface area contributed by atoms with Crippen LogP contribution in [0.3, 0.4) is 0 Å². The summed E-state index contributed by atoms with van der Waals surface area (Å²) in [5.41, 5.74) is 8.15. The highest BCUT2D eigenvalue weighted by Crippen LogP contribution is 2.23. The summed E-state index contributed by atoms with van der Waals surface area (Å²) in [6.45, 7) is 3.78. The van der Waals surface area contributed by atoms with Gasteiger partial charge in [0.2, 0.25) is 5.91 Å². The number of rotatable bonds is 6. The maximum Gasteiger partial charge on any atom is 0.336 e. The van der Waals surface area contributed by atoms with Crippen LogP contribution < -0.4 is 21.4 Å². The quantitative estimate of drug-likeness (QED) is 0.623. The van der Waals surface area contributed by atoms with E-state index >= 15 is 0 Å². The van der Waals surface area contributed by atoms with E-state index < -0.39 is 23.5 Å². The average Bonchev–Trinajstić information content (AvgIpc) is 2.65. The Kier molecular flexibility index (Phi) is 5.68. The maximum atomic E-state index is 12.7. The van der Waals surface area contributed by atoms with Crippen LogP contribution in [0.1, 0.15) is 27.0 Å². The number of hydrogen-bond donors (Lipinski definition) is 2. The molecule has 0 unspecified atom stereocenters. The lowest BCUT2D eigenvalue weighted by atomic mass is 10.0. The molecule has 0 bridgehead atoms. The Morgan fingerprint density at radius 1 is 1.10 bits per heavy atom. The van der Waals surface area contributed by atoms with Crippen molar-refractivity contribution in [2.75, 3.05) is 7.11 Å². The van der Waals surface area contributed by atoms with Gasteiger partial charge in [0.25, 0.3) is 5.91 Å². The van der Waals surface area contributed by atoms with Crippen molar-refractivity contribution < 1.29 is 18.7 Å². The van der Waals surface area contributed by atoms with Gasteiger partial charge >= 0.3 is 5.63 Å². The first-order valence-electron chi connectivity index (χ1n) is 9.06. The molecular weight excluding hydrogens is 372 g/mol. The molecule has 29 heavy (non-hydrogen) atoms. The van der Waals surface area contributed by atoms with Crippen molar-refractivity contribution in [3.63, 3.8) is 0 Å². The summed E-state index contributed by atoms with van der Waals surface area (Å²) < 4.78 is 10.4. The summed E-state index contributed by atoms with van der Waals surface area (Å²) in [7, 11) is 1.51. The molecule has 0 aliphatic carbocycles. The van der Waals surface area contributed by atoms with Gasteiger partial charge < -0.3 is 20.2 Å². The summed E-state index contributed by atoms with van der Waals surface area (Å²) in [4.78, 5) is 36.6. The standard InChI is InChI=1S/C22H22N2O5/c1-12-6-13(2)8-15(7-12)22(27)24-18(21(23)26)9-14-10-20(25)29-19-11-16(28-3)4-5-17(14)19/h4-8,10-11,18H,9H2,1-3H3,(H2,23,26)(H,24,27)/t18-/m0/s1. The third-order valence-corrected chi connectivity index (χ3v) is 4.59. The Labute approximate surface area is 167 Å². The predicted molar refractivity (Wildman–Crippen MR) is 109 cm³/mol. The lowest BCUT2D eigenvalue weighted by Crippen LogP contribution is -2.46. The van der Waals surface area contributed by atoms with E-state index in [1.54, 1.807) is 30.3 Å². The van der Waals surface area contributed by atoms with Crippen molar-refractivity contribution in [2.45, 2.75) is 26.3 Å². The third-order valence-electron chi connectivity index (χ3n) is 4.59. The van der Waals surface area contributed by atoms with Crippen LogP contribution in [-0.4, -0.2) is 25.0 Å². The van der Waals surface area contributed by atoms with Gasteiger partial charge in [0.15, 0.2) is 0 Å². The molecule has 1 heterocycles. The monoisotopic (exact) mass is 394 g/mol. The number of amides is 2. The number of carbonyl (C=O) groups is 2. The first kappa shape index (κ1) is 20.1. The van der Waals surface area contributed by atoms with Crippen molar-refractivity contribution in [1.82, 2.24) is 5.32 Å². The number of carbonyl (C=O) groups excluding carboxylic acids is 2. The van der Waals surface area contributed by atoms with Gasteiger partial charge in [0.1, 0.15) is 17.4 Å². The molecule has 2 amide bonds. The van der Waals surface area contributed by atoms with Crippen LogP contribution >= 0.6 is 0 Å². The molecule has 7 nitrogen and oxygen atoms in total. The number of nitrogens with one attached hydrogen (secondary N) is 1. The Morgan fingerprint density at radius 2 is 1.79 bits per heavy atom. The normalized spacial score (nSPS) is 11.8. The molecule has 3 N–H and O–H groups in total. The molecule has 2 aromatic carbocycles. The third kappa shape index (κ3) is 4.63. The molecule has 1 aromatic heterocycles. The SMILES string of the molecule is COc1ccc2c(C[C@H](NC(=O)c3cc(C)cc(C)c3)C(N)=O)cc(=O)oc2c1. The lowest BCUT2D eigenvalue weighted by molar-refractivity contribution is -0.119. The molecule has 0 aliphatic heterocycles.